The number of carbonyl (C=O) groups excluding carboxylic acids is 1. The van der Waals surface area contributed by atoms with Crippen molar-refractivity contribution in [2.24, 2.45) is 5.92 Å². The Bertz CT molecular complexity index is 631. The number of aromatic nitrogens is 2. The van der Waals surface area contributed by atoms with E-state index in [2.05, 4.69) is 5.10 Å². The van der Waals surface area contributed by atoms with Gasteiger partial charge in [0.15, 0.2) is 5.69 Å². The molecule has 2 rings (SSSR count). The fourth-order valence-electron chi connectivity index (χ4n) is 2.60. The first kappa shape index (κ1) is 17.3. The molecule has 128 valence electrons. The van der Waals surface area contributed by atoms with Crippen LogP contribution in [0.4, 0.5) is 13.2 Å². The van der Waals surface area contributed by atoms with Gasteiger partial charge in [-0.2, -0.15) is 18.3 Å². The van der Waals surface area contributed by atoms with Crippen molar-refractivity contribution >= 4 is 11.9 Å². The Labute approximate surface area is 130 Å². The number of amides is 1. The van der Waals surface area contributed by atoms with E-state index < -0.39 is 40.8 Å². The monoisotopic (exact) mass is 333 g/mol. The molecular formula is C14H18F3N3O3. The summed E-state index contributed by atoms with van der Waals surface area (Å²) in [6.07, 6.45) is -3.60. The predicted octanol–water partition coefficient (Wildman–Crippen LogP) is 2.20. The van der Waals surface area contributed by atoms with Gasteiger partial charge in [0.25, 0.3) is 5.91 Å². The molecule has 1 N–H and O–H groups in total. The van der Waals surface area contributed by atoms with Crippen LogP contribution in [-0.2, 0) is 16.5 Å². The lowest BCUT2D eigenvalue weighted by Crippen LogP contribution is -2.33. The predicted molar refractivity (Wildman–Crippen MR) is 73.9 cm³/mol. The second-order valence-electron chi connectivity index (χ2n) is 6.56. The minimum absolute atomic E-state index is 0.0911. The number of halogens is 3. The minimum Gasteiger partial charge on any atom is -0.481 e. The van der Waals surface area contributed by atoms with E-state index >= 15 is 0 Å². The number of hydrogen-bond acceptors (Lipinski definition) is 3. The highest BCUT2D eigenvalue weighted by molar-refractivity contribution is 5.96. The Hall–Kier alpha value is -2.06. The molecule has 1 aliphatic rings. The van der Waals surface area contributed by atoms with E-state index in [9.17, 15) is 22.8 Å². The molecule has 9 heteroatoms. The molecule has 6 nitrogen and oxygen atoms in total. The van der Waals surface area contributed by atoms with E-state index in [1.54, 1.807) is 20.8 Å². The molecule has 0 radical (unpaired) electrons. The number of hydrogen-bond donors (Lipinski definition) is 1. The summed E-state index contributed by atoms with van der Waals surface area (Å²) in [5, 5.41) is 12.7. The zero-order chi connectivity index (χ0) is 17.6. The van der Waals surface area contributed by atoms with Crippen LogP contribution in [0.5, 0.6) is 0 Å². The Morgan fingerprint density at radius 3 is 2.35 bits per heavy atom. The molecule has 1 atom stereocenters. The van der Waals surface area contributed by atoms with Crippen LogP contribution in [0.1, 0.15) is 43.2 Å². The van der Waals surface area contributed by atoms with Crippen LogP contribution in [0.2, 0.25) is 0 Å². The molecule has 2 heterocycles. The van der Waals surface area contributed by atoms with Crippen LogP contribution in [-0.4, -0.2) is 44.8 Å². The second-order valence-corrected chi connectivity index (χ2v) is 6.56. The molecule has 0 saturated carbocycles. The molecule has 0 aromatic carbocycles. The smallest absolute Gasteiger partial charge is 0.433 e. The highest BCUT2D eigenvalue weighted by Crippen LogP contribution is 2.35. The SMILES string of the molecule is CC(C)(C)n1ncc(C(=O)N2CCC(C(=O)O)C2)c1C(F)(F)F. The number of aliphatic carboxylic acids is 1. The highest BCUT2D eigenvalue weighted by Gasteiger charge is 2.44. The van der Waals surface area contributed by atoms with Crippen molar-refractivity contribution < 1.29 is 27.9 Å². The highest BCUT2D eigenvalue weighted by atomic mass is 19.4. The van der Waals surface area contributed by atoms with Crippen LogP contribution >= 0.6 is 0 Å². The van der Waals surface area contributed by atoms with E-state index in [0.29, 0.717) is 0 Å². The van der Waals surface area contributed by atoms with Crippen LogP contribution in [0.15, 0.2) is 6.20 Å². The first-order chi connectivity index (χ1) is 10.4. The summed E-state index contributed by atoms with van der Waals surface area (Å²) in [7, 11) is 0. The van der Waals surface area contributed by atoms with E-state index in [-0.39, 0.29) is 19.5 Å². The molecule has 1 fully saturated rings. The third-order valence-corrected chi connectivity index (χ3v) is 3.73. The maximum atomic E-state index is 13.4. The van der Waals surface area contributed by atoms with Gasteiger partial charge in [-0.25, -0.2) is 0 Å². The summed E-state index contributed by atoms with van der Waals surface area (Å²) in [6, 6.07) is 0. The molecule has 0 bridgehead atoms. The van der Waals surface area contributed by atoms with Gasteiger partial charge in [-0.05, 0) is 27.2 Å². The van der Waals surface area contributed by atoms with E-state index in [1.807, 2.05) is 0 Å². The first-order valence-electron chi connectivity index (χ1n) is 7.10. The van der Waals surface area contributed by atoms with Gasteiger partial charge in [-0.3, -0.25) is 14.3 Å². The molecule has 1 amide bonds. The van der Waals surface area contributed by atoms with Gasteiger partial charge in [0.2, 0.25) is 0 Å². The van der Waals surface area contributed by atoms with Crippen LogP contribution in [0.25, 0.3) is 0 Å². The summed E-state index contributed by atoms with van der Waals surface area (Å²) in [4.78, 5) is 24.5. The molecule has 1 aromatic heterocycles. The number of rotatable bonds is 2. The largest absolute Gasteiger partial charge is 0.481 e. The molecule has 1 saturated heterocycles. The summed E-state index contributed by atoms with van der Waals surface area (Å²) < 4.78 is 41.0. The van der Waals surface area contributed by atoms with Crippen molar-refractivity contribution in [3.63, 3.8) is 0 Å². The third kappa shape index (κ3) is 3.32. The Kier molecular flexibility index (Phi) is 4.16. The lowest BCUT2D eigenvalue weighted by atomic mass is 10.1. The van der Waals surface area contributed by atoms with E-state index in [0.717, 1.165) is 15.8 Å². The number of alkyl halides is 3. The Morgan fingerprint density at radius 1 is 1.30 bits per heavy atom. The molecule has 1 aliphatic heterocycles. The number of carboxylic acids is 1. The van der Waals surface area contributed by atoms with Gasteiger partial charge in [-0.15, -0.1) is 0 Å². The van der Waals surface area contributed by atoms with Crippen LogP contribution in [0.3, 0.4) is 0 Å². The van der Waals surface area contributed by atoms with Crippen LogP contribution in [0, 0.1) is 5.92 Å². The van der Waals surface area contributed by atoms with Crippen molar-refractivity contribution in [1.82, 2.24) is 14.7 Å². The number of nitrogens with zero attached hydrogens (tertiary/aromatic N) is 3. The van der Waals surface area contributed by atoms with Gasteiger partial charge in [0.05, 0.1) is 23.2 Å². The number of carboxylic acid groups (broad SMARTS) is 1. The quantitative estimate of drug-likeness (QED) is 0.900. The van der Waals surface area contributed by atoms with Gasteiger partial charge < -0.3 is 10.0 Å². The summed E-state index contributed by atoms with van der Waals surface area (Å²) in [5.41, 5.74) is -2.59. The zero-order valence-corrected chi connectivity index (χ0v) is 13.0. The van der Waals surface area contributed by atoms with Gasteiger partial charge in [0, 0.05) is 13.1 Å². The molecule has 1 unspecified atom stereocenters. The number of carbonyl (C=O) groups is 2. The third-order valence-electron chi connectivity index (χ3n) is 3.73. The fraction of sp³-hybridized carbons (Fsp3) is 0.643. The Morgan fingerprint density at radius 2 is 1.91 bits per heavy atom. The normalized spacial score (nSPS) is 19.2. The van der Waals surface area contributed by atoms with Crippen molar-refractivity contribution in [1.29, 1.82) is 0 Å². The topological polar surface area (TPSA) is 75.4 Å². The molecule has 1 aromatic rings. The summed E-state index contributed by atoms with van der Waals surface area (Å²) >= 11 is 0. The summed E-state index contributed by atoms with van der Waals surface area (Å²) in [5.74, 6) is -2.63. The van der Waals surface area contributed by atoms with Crippen molar-refractivity contribution in [3.8, 4) is 0 Å². The maximum Gasteiger partial charge on any atom is 0.433 e. The van der Waals surface area contributed by atoms with Crippen molar-refractivity contribution in [2.45, 2.75) is 38.9 Å². The molecule has 0 spiro atoms. The van der Waals surface area contributed by atoms with Crippen molar-refractivity contribution in [3.05, 3.63) is 17.5 Å². The molecular weight excluding hydrogens is 315 g/mol. The molecule has 23 heavy (non-hydrogen) atoms. The van der Waals surface area contributed by atoms with Crippen LogP contribution < -0.4 is 0 Å². The standard InChI is InChI=1S/C14H18F3N3O3/c1-13(2,3)20-10(14(15,16)17)9(6-18-20)11(21)19-5-4-8(7-19)12(22)23/h6,8H,4-5,7H2,1-3H3,(H,22,23). The van der Waals surface area contributed by atoms with E-state index in [1.165, 1.54) is 0 Å². The van der Waals surface area contributed by atoms with Gasteiger partial charge in [-0.1, -0.05) is 0 Å². The zero-order valence-electron chi connectivity index (χ0n) is 13.0. The van der Waals surface area contributed by atoms with Crippen molar-refractivity contribution in [2.75, 3.05) is 13.1 Å². The average Bonchev–Trinajstić information content (AvgIpc) is 3.03. The Balaban J connectivity index is 2.39. The van der Waals surface area contributed by atoms with Gasteiger partial charge >= 0.3 is 12.1 Å². The first-order valence-corrected chi connectivity index (χ1v) is 7.10. The average molecular weight is 333 g/mol. The maximum absolute atomic E-state index is 13.4. The summed E-state index contributed by atoms with van der Waals surface area (Å²) in [6.45, 7) is 4.69. The lowest BCUT2D eigenvalue weighted by molar-refractivity contribution is -0.146. The fourth-order valence-corrected chi connectivity index (χ4v) is 2.60. The van der Waals surface area contributed by atoms with E-state index in [4.69, 9.17) is 5.11 Å². The minimum atomic E-state index is -4.74. The lowest BCUT2D eigenvalue weighted by Gasteiger charge is -2.24. The molecule has 0 aliphatic carbocycles. The second kappa shape index (κ2) is 5.54. The number of likely N-dealkylation sites (tertiary alicyclic amines) is 1. The van der Waals surface area contributed by atoms with Gasteiger partial charge in [0.1, 0.15) is 0 Å².